The highest BCUT2D eigenvalue weighted by molar-refractivity contribution is 7.45. The molecule has 3 unspecified atom stereocenters. The number of esters is 1. The Morgan fingerprint density at radius 3 is 1.53 bits per heavy atom. The van der Waals surface area contributed by atoms with Crippen LogP contribution >= 0.6 is 7.82 Å². The van der Waals surface area contributed by atoms with Gasteiger partial charge in [-0.15, -0.1) is 0 Å². The summed E-state index contributed by atoms with van der Waals surface area (Å²) in [5.74, 6) is -0.593. The first-order chi connectivity index (χ1) is 31.9. The van der Waals surface area contributed by atoms with Crippen LogP contribution in [0.25, 0.3) is 0 Å². The Morgan fingerprint density at radius 1 is 0.545 bits per heavy atom. The highest BCUT2D eigenvalue weighted by atomic mass is 31.2. The average Bonchev–Trinajstić information content (AvgIpc) is 3.27. The largest absolute Gasteiger partial charge is 0.756 e. The third-order valence-corrected chi connectivity index (χ3v) is 12.3. The molecule has 0 heterocycles. The van der Waals surface area contributed by atoms with E-state index in [4.69, 9.17) is 13.8 Å². The molecular weight excluding hydrogens is 844 g/mol. The lowest BCUT2D eigenvalue weighted by Crippen LogP contribution is -2.47. The van der Waals surface area contributed by atoms with E-state index in [1.165, 1.54) is 70.6 Å². The topological polar surface area (TPSA) is 114 Å². The second-order valence-corrected chi connectivity index (χ2v) is 20.4. The summed E-state index contributed by atoms with van der Waals surface area (Å²) in [6, 6.07) is -0.908. The molecule has 3 atom stereocenters. The summed E-state index contributed by atoms with van der Waals surface area (Å²) in [7, 11) is 1.15. The van der Waals surface area contributed by atoms with Crippen LogP contribution in [0, 0.1) is 0 Å². The Labute approximate surface area is 406 Å². The molecule has 0 aliphatic rings. The minimum absolute atomic E-state index is 0.0326. The van der Waals surface area contributed by atoms with Crippen molar-refractivity contribution >= 4 is 19.7 Å². The lowest BCUT2D eigenvalue weighted by Gasteiger charge is -2.30. The maximum Gasteiger partial charge on any atom is 0.306 e. The Morgan fingerprint density at radius 2 is 0.985 bits per heavy atom. The van der Waals surface area contributed by atoms with Crippen molar-refractivity contribution in [2.45, 2.75) is 232 Å². The average molecular weight is 945 g/mol. The normalized spacial score (nSPS) is 14.5. The fourth-order valence-electron chi connectivity index (χ4n) is 7.20. The van der Waals surface area contributed by atoms with E-state index in [1.807, 2.05) is 33.3 Å². The molecule has 0 aromatic heterocycles. The Balaban J connectivity index is 5.49. The molecule has 1 amide bonds. The summed E-state index contributed by atoms with van der Waals surface area (Å²) in [6.07, 6.45) is 57.2. The number of quaternary nitrogens is 1. The summed E-state index contributed by atoms with van der Waals surface area (Å²) < 4.78 is 30.1. The zero-order valence-electron chi connectivity index (χ0n) is 43.4. The molecule has 10 heteroatoms. The number of ether oxygens (including phenoxy) is 1. The van der Waals surface area contributed by atoms with Crippen molar-refractivity contribution in [1.29, 1.82) is 0 Å². The van der Waals surface area contributed by atoms with Gasteiger partial charge in [0.15, 0.2) is 0 Å². The molecule has 0 aliphatic heterocycles. The van der Waals surface area contributed by atoms with Crippen molar-refractivity contribution < 1.29 is 37.3 Å². The van der Waals surface area contributed by atoms with Gasteiger partial charge in [0.05, 0.1) is 33.8 Å². The molecule has 0 aromatic rings. The number of likely N-dealkylation sites (N-methyl/N-ethyl adjacent to an activating group) is 1. The molecular formula is C56H101N2O7P. The van der Waals surface area contributed by atoms with Gasteiger partial charge in [0.1, 0.15) is 19.3 Å². The van der Waals surface area contributed by atoms with Crippen molar-refractivity contribution in [3.8, 4) is 0 Å². The molecule has 0 bridgehead atoms. The molecule has 0 rings (SSSR count). The SMILES string of the molecule is CC/C=C/C/C=C/C/C=C/C/C=C/CCCCCC(=O)NC(COP(=O)([O-])OCC[N+](C)(C)C)C(/C=C/CCCCCCCCCCCCC)OC(=O)CCCCCCC/C=C\CCCC. The molecule has 0 saturated carbocycles. The van der Waals surface area contributed by atoms with Gasteiger partial charge >= 0.3 is 5.97 Å². The molecule has 1 N–H and O–H groups in total. The molecule has 9 nitrogen and oxygen atoms in total. The third-order valence-electron chi connectivity index (χ3n) is 11.4. The molecule has 0 spiro atoms. The molecule has 0 saturated heterocycles. The van der Waals surface area contributed by atoms with Crippen LogP contribution in [0.15, 0.2) is 72.9 Å². The van der Waals surface area contributed by atoms with E-state index >= 15 is 0 Å². The maximum absolute atomic E-state index is 13.4. The number of unbranched alkanes of at least 4 members (excludes halogenated alkanes) is 21. The van der Waals surface area contributed by atoms with E-state index in [2.05, 4.69) is 86.8 Å². The number of hydrogen-bond donors (Lipinski definition) is 1. The summed E-state index contributed by atoms with van der Waals surface area (Å²) in [4.78, 5) is 39.7. The number of amides is 1. The van der Waals surface area contributed by atoms with Crippen molar-refractivity contribution in [3.05, 3.63) is 72.9 Å². The quantitative estimate of drug-likeness (QED) is 0.0212. The molecule has 0 aliphatic carbocycles. The number of nitrogens with one attached hydrogen (secondary N) is 1. The number of allylic oxidation sites excluding steroid dienone is 11. The van der Waals surface area contributed by atoms with Gasteiger partial charge in [0, 0.05) is 12.8 Å². The summed E-state index contributed by atoms with van der Waals surface area (Å²) in [6.45, 7) is 6.64. The van der Waals surface area contributed by atoms with E-state index in [0.717, 1.165) is 103 Å². The number of nitrogens with zero attached hydrogens (tertiary/aromatic N) is 1. The van der Waals surface area contributed by atoms with Crippen LogP contribution in [-0.2, 0) is 27.9 Å². The number of phosphoric acid groups is 1. The molecule has 0 aromatic carbocycles. The van der Waals surface area contributed by atoms with Gasteiger partial charge < -0.3 is 28.5 Å². The summed E-state index contributed by atoms with van der Waals surface area (Å²) in [5, 5.41) is 2.99. The minimum Gasteiger partial charge on any atom is -0.756 e. The van der Waals surface area contributed by atoms with Crippen molar-refractivity contribution in [2.75, 3.05) is 40.9 Å². The van der Waals surface area contributed by atoms with Gasteiger partial charge in [-0.25, -0.2) is 0 Å². The van der Waals surface area contributed by atoms with Crippen molar-refractivity contribution in [2.24, 2.45) is 0 Å². The predicted molar refractivity (Wildman–Crippen MR) is 279 cm³/mol. The lowest BCUT2D eigenvalue weighted by atomic mass is 10.0. The Kier molecular flexibility index (Phi) is 44.4. The highest BCUT2D eigenvalue weighted by Gasteiger charge is 2.27. The fraction of sp³-hybridized carbons (Fsp3) is 0.750. The summed E-state index contributed by atoms with van der Waals surface area (Å²) in [5.41, 5.74) is 0. The fourth-order valence-corrected chi connectivity index (χ4v) is 7.92. The number of hydrogen-bond acceptors (Lipinski definition) is 7. The van der Waals surface area contributed by atoms with Gasteiger partial charge in [-0.05, 0) is 89.5 Å². The number of carbonyl (C=O) groups is 2. The van der Waals surface area contributed by atoms with E-state index in [0.29, 0.717) is 23.9 Å². The molecule has 0 fully saturated rings. The van der Waals surface area contributed by atoms with Crippen LogP contribution < -0.4 is 10.2 Å². The first kappa shape index (κ1) is 63.5. The van der Waals surface area contributed by atoms with E-state index in [1.54, 1.807) is 0 Å². The van der Waals surface area contributed by atoms with Gasteiger partial charge in [-0.1, -0.05) is 190 Å². The van der Waals surface area contributed by atoms with Gasteiger partial charge in [0.2, 0.25) is 5.91 Å². The van der Waals surface area contributed by atoms with Gasteiger partial charge in [0.25, 0.3) is 7.82 Å². The summed E-state index contributed by atoms with van der Waals surface area (Å²) >= 11 is 0. The number of rotatable bonds is 47. The van der Waals surface area contributed by atoms with Crippen LogP contribution in [0.4, 0.5) is 0 Å². The number of phosphoric ester groups is 1. The van der Waals surface area contributed by atoms with E-state index < -0.39 is 26.6 Å². The van der Waals surface area contributed by atoms with E-state index in [9.17, 15) is 19.0 Å². The van der Waals surface area contributed by atoms with E-state index in [-0.39, 0.29) is 31.3 Å². The molecule has 66 heavy (non-hydrogen) atoms. The zero-order chi connectivity index (χ0) is 48.7. The van der Waals surface area contributed by atoms with Gasteiger partial charge in [-0.2, -0.15) is 0 Å². The lowest BCUT2D eigenvalue weighted by molar-refractivity contribution is -0.870. The number of carbonyl (C=O) groups excluding carboxylic acids is 2. The van der Waals surface area contributed by atoms with Crippen LogP contribution in [0.5, 0.6) is 0 Å². The standard InChI is InChI=1S/C56H101N2O7P/c1-7-10-13-16-19-22-25-27-28-29-31-34-36-39-42-45-48-55(59)57-53(52-64-66(61,62)63-51-50-58(4,5)6)54(47-44-41-38-35-33-30-26-23-20-17-14-11-8-2)65-56(60)49-46-43-40-37-32-24-21-18-15-12-9-3/h10,13,18-19,21-22,27-28,31,34,44,47,53-54H,7-9,11-12,14-17,20,23-26,29-30,32-33,35-43,45-46,48-52H2,1-6H3,(H-,57,59,61,62)/b13-10+,21-18-,22-19+,28-27+,34-31+,47-44+. The Hall–Kier alpha value is -2.55. The van der Waals surface area contributed by atoms with Crippen molar-refractivity contribution in [3.63, 3.8) is 0 Å². The third kappa shape index (κ3) is 46.6. The predicted octanol–water partition coefficient (Wildman–Crippen LogP) is 15.1. The molecule has 382 valence electrons. The second-order valence-electron chi connectivity index (χ2n) is 19.0. The maximum atomic E-state index is 13.4. The van der Waals surface area contributed by atoms with Crippen LogP contribution in [0.2, 0.25) is 0 Å². The van der Waals surface area contributed by atoms with Crippen LogP contribution in [0.3, 0.4) is 0 Å². The first-order valence-corrected chi connectivity index (χ1v) is 28.2. The minimum atomic E-state index is -4.70. The Bertz CT molecular complexity index is 1370. The zero-order valence-corrected chi connectivity index (χ0v) is 44.3. The van der Waals surface area contributed by atoms with Gasteiger partial charge in [-0.3, -0.25) is 14.2 Å². The monoisotopic (exact) mass is 945 g/mol. The van der Waals surface area contributed by atoms with Crippen LogP contribution in [0.1, 0.15) is 220 Å². The smallest absolute Gasteiger partial charge is 0.306 e. The van der Waals surface area contributed by atoms with Crippen molar-refractivity contribution in [1.82, 2.24) is 5.32 Å². The second kappa shape index (κ2) is 46.2. The first-order valence-electron chi connectivity index (χ1n) is 26.7. The molecule has 0 radical (unpaired) electrons. The highest BCUT2D eigenvalue weighted by Crippen LogP contribution is 2.38. The van der Waals surface area contributed by atoms with Crippen LogP contribution in [-0.4, -0.2) is 69.4 Å².